The van der Waals surface area contributed by atoms with Crippen molar-refractivity contribution >= 4 is 40.4 Å². The van der Waals surface area contributed by atoms with Gasteiger partial charge in [-0.05, 0) is 41.5 Å². The van der Waals surface area contributed by atoms with Crippen molar-refractivity contribution in [2.75, 3.05) is 0 Å². The normalized spacial score (nSPS) is 10.8. The van der Waals surface area contributed by atoms with Gasteiger partial charge in [-0.25, -0.2) is 0 Å². The smallest absolute Gasteiger partial charge is 0.294 e. The molecule has 0 fully saturated rings. The van der Waals surface area contributed by atoms with Crippen LogP contribution < -0.4 is 5.32 Å². The van der Waals surface area contributed by atoms with E-state index in [0.717, 1.165) is 11.1 Å². The molecule has 0 aliphatic carbocycles. The van der Waals surface area contributed by atoms with Crippen molar-refractivity contribution in [3.05, 3.63) is 100 Å². The first kappa shape index (κ1) is 19.2. The summed E-state index contributed by atoms with van der Waals surface area (Å²) in [7, 11) is 0. The molecule has 6 heteroatoms. The molecule has 29 heavy (non-hydrogen) atoms. The number of amides is 1. The van der Waals surface area contributed by atoms with Gasteiger partial charge in [0.15, 0.2) is 0 Å². The Morgan fingerprint density at radius 3 is 2.41 bits per heavy atom. The average molecular weight is 423 g/mol. The summed E-state index contributed by atoms with van der Waals surface area (Å²) >= 11 is 12.1. The number of hydrogen-bond acceptors (Lipinski definition) is 2. The van der Waals surface area contributed by atoms with Gasteiger partial charge < -0.3 is 9.72 Å². The van der Waals surface area contributed by atoms with E-state index in [4.69, 9.17) is 23.2 Å². The lowest BCUT2D eigenvalue weighted by Crippen LogP contribution is -2.31. The zero-order valence-electron chi connectivity index (χ0n) is 15.2. The lowest BCUT2D eigenvalue weighted by atomic mass is 10.0. The highest BCUT2D eigenvalue weighted by Crippen LogP contribution is 2.28. The second-order valence-electron chi connectivity index (χ2n) is 6.52. The highest BCUT2D eigenvalue weighted by atomic mass is 35.5. The number of carbonyl (C=O) groups is 2. The maximum absolute atomic E-state index is 13.1. The number of halogens is 2. The first-order valence-electron chi connectivity index (χ1n) is 8.96. The predicted molar refractivity (Wildman–Crippen MR) is 115 cm³/mol. The van der Waals surface area contributed by atoms with Crippen LogP contribution in [0.4, 0.5) is 0 Å². The van der Waals surface area contributed by atoms with Crippen LogP contribution in [0.5, 0.6) is 0 Å². The number of pyridine rings is 1. The number of ketones is 1. The van der Waals surface area contributed by atoms with Gasteiger partial charge in [-0.1, -0.05) is 65.7 Å². The molecule has 0 spiro atoms. The molecule has 0 unspecified atom stereocenters. The lowest BCUT2D eigenvalue weighted by molar-refractivity contribution is -0.117. The molecule has 144 valence electrons. The standard InChI is InChI=1S/C23H16Cl2N2O2/c24-17-10-9-16(20(25)12-17)14-26-23(29)22(28)21-19(15-6-2-1-3-7-15)13-18-8-4-5-11-27(18)21/h1-13H,14H2,(H,26,29). The number of Topliss-reactive ketones (excluding diaryl/α,β-unsaturated/α-hetero) is 1. The molecular weight excluding hydrogens is 407 g/mol. The van der Waals surface area contributed by atoms with Crippen LogP contribution in [-0.2, 0) is 11.3 Å². The number of benzene rings is 2. The number of carbonyl (C=O) groups excluding carboxylic acids is 2. The number of fused-ring (bicyclic) bond motifs is 1. The van der Waals surface area contributed by atoms with E-state index in [9.17, 15) is 9.59 Å². The highest BCUT2D eigenvalue weighted by molar-refractivity contribution is 6.43. The minimum absolute atomic E-state index is 0.130. The van der Waals surface area contributed by atoms with Crippen LogP contribution in [0.2, 0.25) is 10.0 Å². The van der Waals surface area contributed by atoms with Gasteiger partial charge in [0.25, 0.3) is 11.7 Å². The Labute approximate surface area is 177 Å². The Hall–Kier alpha value is -3.08. The molecular formula is C23H16Cl2N2O2. The van der Waals surface area contributed by atoms with Gasteiger partial charge in [-0.3, -0.25) is 9.59 Å². The summed E-state index contributed by atoms with van der Waals surface area (Å²) < 4.78 is 1.74. The highest BCUT2D eigenvalue weighted by Gasteiger charge is 2.24. The van der Waals surface area contributed by atoms with E-state index in [-0.39, 0.29) is 6.54 Å². The molecule has 2 aromatic carbocycles. The van der Waals surface area contributed by atoms with Crippen LogP contribution in [0.3, 0.4) is 0 Å². The quantitative estimate of drug-likeness (QED) is 0.345. The van der Waals surface area contributed by atoms with Crippen LogP contribution in [0.25, 0.3) is 16.6 Å². The summed E-state index contributed by atoms with van der Waals surface area (Å²) in [5.74, 6) is -1.31. The third-order valence-corrected chi connectivity index (χ3v) is 5.23. The van der Waals surface area contributed by atoms with E-state index in [1.807, 2.05) is 54.6 Å². The third kappa shape index (κ3) is 3.90. The molecule has 1 N–H and O–H groups in total. The predicted octanol–water partition coefficient (Wildman–Crippen LogP) is 5.41. The summed E-state index contributed by atoms with van der Waals surface area (Å²) in [6, 6.07) is 22.1. The number of nitrogens with one attached hydrogen (secondary N) is 1. The molecule has 1 amide bonds. The summed E-state index contributed by atoms with van der Waals surface area (Å²) in [4.78, 5) is 25.8. The molecule has 0 aliphatic rings. The van der Waals surface area contributed by atoms with Crippen molar-refractivity contribution in [3.8, 4) is 11.1 Å². The van der Waals surface area contributed by atoms with E-state index in [2.05, 4.69) is 5.32 Å². The van der Waals surface area contributed by atoms with Crippen molar-refractivity contribution in [3.63, 3.8) is 0 Å². The number of rotatable bonds is 5. The maximum atomic E-state index is 13.1. The largest absolute Gasteiger partial charge is 0.345 e. The molecule has 0 bridgehead atoms. The molecule has 4 aromatic rings. The SMILES string of the molecule is O=C(NCc1ccc(Cl)cc1Cl)C(=O)c1c(-c2ccccc2)cc2ccccn12. The Balaban J connectivity index is 1.66. The van der Waals surface area contributed by atoms with Crippen molar-refractivity contribution in [2.45, 2.75) is 6.54 Å². The lowest BCUT2D eigenvalue weighted by Gasteiger charge is -2.09. The molecule has 0 atom stereocenters. The second-order valence-corrected chi connectivity index (χ2v) is 7.36. The van der Waals surface area contributed by atoms with Gasteiger partial charge in [0, 0.05) is 33.9 Å². The van der Waals surface area contributed by atoms with Gasteiger partial charge in [-0.15, -0.1) is 0 Å². The maximum Gasteiger partial charge on any atom is 0.294 e. The third-order valence-electron chi connectivity index (χ3n) is 4.64. The van der Waals surface area contributed by atoms with Gasteiger partial charge in [0.2, 0.25) is 0 Å². The van der Waals surface area contributed by atoms with E-state index < -0.39 is 11.7 Å². The fourth-order valence-electron chi connectivity index (χ4n) is 3.22. The fraction of sp³-hybridized carbons (Fsp3) is 0.0435. The summed E-state index contributed by atoms with van der Waals surface area (Å²) in [6.45, 7) is 0.130. The zero-order valence-corrected chi connectivity index (χ0v) is 16.7. The molecule has 0 saturated heterocycles. The number of hydrogen-bond donors (Lipinski definition) is 1. The minimum Gasteiger partial charge on any atom is -0.345 e. The molecule has 0 saturated carbocycles. The molecule has 4 nitrogen and oxygen atoms in total. The van der Waals surface area contributed by atoms with Crippen LogP contribution in [0.15, 0.2) is 79.0 Å². The monoisotopic (exact) mass is 422 g/mol. The van der Waals surface area contributed by atoms with Crippen LogP contribution in [-0.4, -0.2) is 16.1 Å². The average Bonchev–Trinajstić information content (AvgIpc) is 3.12. The molecule has 2 aromatic heterocycles. The first-order chi connectivity index (χ1) is 14.0. The first-order valence-corrected chi connectivity index (χ1v) is 9.72. The number of nitrogens with zero attached hydrogens (tertiary/aromatic N) is 1. The van der Waals surface area contributed by atoms with Gasteiger partial charge in [-0.2, -0.15) is 0 Å². The van der Waals surface area contributed by atoms with Crippen LogP contribution in [0.1, 0.15) is 16.1 Å². The zero-order chi connectivity index (χ0) is 20.4. The molecule has 4 rings (SSSR count). The van der Waals surface area contributed by atoms with Crippen molar-refractivity contribution in [1.82, 2.24) is 9.72 Å². The summed E-state index contributed by atoms with van der Waals surface area (Å²) in [5.41, 5.74) is 3.42. The number of aromatic nitrogens is 1. The minimum atomic E-state index is -0.697. The van der Waals surface area contributed by atoms with Crippen molar-refractivity contribution in [2.24, 2.45) is 0 Å². The van der Waals surface area contributed by atoms with Gasteiger partial charge in [0.1, 0.15) is 5.69 Å². The van der Waals surface area contributed by atoms with E-state index in [1.165, 1.54) is 0 Å². The summed E-state index contributed by atoms with van der Waals surface area (Å²) in [5, 5.41) is 3.60. The van der Waals surface area contributed by atoms with Crippen molar-refractivity contribution < 1.29 is 9.59 Å². The Kier molecular flexibility index (Phi) is 5.38. The van der Waals surface area contributed by atoms with Crippen molar-refractivity contribution in [1.29, 1.82) is 0 Å². The van der Waals surface area contributed by atoms with Gasteiger partial charge >= 0.3 is 0 Å². The molecule has 0 radical (unpaired) electrons. The Morgan fingerprint density at radius 2 is 1.66 bits per heavy atom. The Bertz CT molecular complexity index is 1220. The van der Waals surface area contributed by atoms with E-state index in [1.54, 1.807) is 28.8 Å². The fourth-order valence-corrected chi connectivity index (χ4v) is 3.70. The Morgan fingerprint density at radius 1 is 0.897 bits per heavy atom. The molecule has 0 aliphatic heterocycles. The molecule has 2 heterocycles. The van der Waals surface area contributed by atoms with Crippen LogP contribution >= 0.6 is 23.2 Å². The second kappa shape index (κ2) is 8.11. The van der Waals surface area contributed by atoms with Crippen LogP contribution in [0, 0.1) is 0 Å². The summed E-state index contributed by atoms with van der Waals surface area (Å²) in [6.07, 6.45) is 1.78. The topological polar surface area (TPSA) is 50.6 Å². The van der Waals surface area contributed by atoms with E-state index in [0.29, 0.717) is 26.9 Å². The van der Waals surface area contributed by atoms with E-state index >= 15 is 0 Å². The van der Waals surface area contributed by atoms with Gasteiger partial charge in [0.05, 0.1) is 0 Å².